The quantitative estimate of drug-likeness (QED) is 0.302. The number of rotatable bonds is 6. The fourth-order valence-corrected chi connectivity index (χ4v) is 3.29. The lowest BCUT2D eigenvalue weighted by molar-refractivity contribution is -0.123. The molecule has 0 aliphatic carbocycles. The zero-order valence-electron chi connectivity index (χ0n) is 17.9. The maximum atomic E-state index is 12.2. The molecule has 7 heteroatoms. The molecule has 0 radical (unpaired) electrons. The standard InChI is InChI=1S/C25H25N3O3S/c1-17(2)20-11-5-6-13-22(20)31-16-24(30)27-28-25(32)26-23(29)15-14-19-10-7-9-18-8-3-4-12-21(18)19/h3-15,17H,16H2,1-2H3,(H,27,30)(H2,26,28,29,32)/b15-14+. The van der Waals surface area contributed by atoms with Crippen LogP contribution >= 0.6 is 12.2 Å². The molecule has 0 aliphatic heterocycles. The van der Waals surface area contributed by atoms with Gasteiger partial charge in [0, 0.05) is 6.08 Å². The summed E-state index contributed by atoms with van der Waals surface area (Å²) < 4.78 is 5.60. The maximum absolute atomic E-state index is 12.2. The normalized spacial score (nSPS) is 10.8. The Morgan fingerprint density at radius 1 is 0.969 bits per heavy atom. The van der Waals surface area contributed by atoms with Crippen LogP contribution in [0.5, 0.6) is 5.75 Å². The lowest BCUT2D eigenvalue weighted by Crippen LogP contribution is -2.49. The van der Waals surface area contributed by atoms with Crippen LogP contribution in [0.2, 0.25) is 0 Å². The second kappa shape index (κ2) is 11.1. The van der Waals surface area contributed by atoms with Crippen molar-refractivity contribution in [2.24, 2.45) is 0 Å². The molecule has 0 spiro atoms. The summed E-state index contributed by atoms with van der Waals surface area (Å²) in [6.07, 6.45) is 3.11. The molecule has 3 aromatic rings. The summed E-state index contributed by atoms with van der Waals surface area (Å²) in [4.78, 5) is 24.2. The van der Waals surface area contributed by atoms with Crippen LogP contribution in [-0.2, 0) is 9.59 Å². The van der Waals surface area contributed by atoms with Gasteiger partial charge in [0.05, 0.1) is 0 Å². The SMILES string of the molecule is CC(C)c1ccccc1OCC(=O)NNC(=S)NC(=O)/C=C/c1cccc2ccccc12. The van der Waals surface area contributed by atoms with E-state index in [0.29, 0.717) is 5.75 Å². The summed E-state index contributed by atoms with van der Waals surface area (Å²) in [6.45, 7) is 3.92. The smallest absolute Gasteiger partial charge is 0.276 e. The Morgan fingerprint density at radius 2 is 1.69 bits per heavy atom. The van der Waals surface area contributed by atoms with Gasteiger partial charge in [0.25, 0.3) is 5.91 Å². The predicted octanol–water partition coefficient (Wildman–Crippen LogP) is 4.08. The van der Waals surface area contributed by atoms with Crippen molar-refractivity contribution in [3.05, 3.63) is 83.9 Å². The minimum Gasteiger partial charge on any atom is -0.483 e. The Morgan fingerprint density at radius 3 is 2.50 bits per heavy atom. The van der Waals surface area contributed by atoms with Gasteiger partial charge in [0.1, 0.15) is 5.75 Å². The molecule has 164 valence electrons. The molecule has 0 aromatic heterocycles. The number of carbonyl (C=O) groups is 2. The number of benzene rings is 3. The number of thiocarbonyl (C=S) groups is 1. The monoisotopic (exact) mass is 447 g/mol. The molecular formula is C25H25N3O3S. The topological polar surface area (TPSA) is 79.5 Å². The summed E-state index contributed by atoms with van der Waals surface area (Å²) in [5.74, 6) is 0.0995. The first kappa shape index (κ1) is 23.0. The number of fused-ring (bicyclic) bond motifs is 1. The molecular weight excluding hydrogens is 422 g/mol. The van der Waals surface area contributed by atoms with Crippen LogP contribution in [0.25, 0.3) is 16.8 Å². The van der Waals surface area contributed by atoms with Gasteiger partial charge in [0.15, 0.2) is 11.7 Å². The first-order valence-electron chi connectivity index (χ1n) is 10.2. The number of nitrogens with one attached hydrogen (secondary N) is 3. The van der Waals surface area contributed by atoms with Crippen molar-refractivity contribution in [3.8, 4) is 5.75 Å². The van der Waals surface area contributed by atoms with E-state index < -0.39 is 11.8 Å². The van der Waals surface area contributed by atoms with Gasteiger partial charge in [-0.15, -0.1) is 0 Å². The van der Waals surface area contributed by atoms with Gasteiger partial charge >= 0.3 is 0 Å². The van der Waals surface area contributed by atoms with Crippen LogP contribution in [0, 0.1) is 0 Å². The molecule has 3 rings (SSSR count). The highest BCUT2D eigenvalue weighted by molar-refractivity contribution is 7.80. The molecule has 0 atom stereocenters. The molecule has 6 nitrogen and oxygen atoms in total. The fraction of sp³-hybridized carbons (Fsp3) is 0.160. The number of hydrazine groups is 1. The summed E-state index contributed by atoms with van der Waals surface area (Å²) in [5, 5.41) is 4.61. The number of hydrogen-bond donors (Lipinski definition) is 3. The highest BCUT2D eigenvalue weighted by Crippen LogP contribution is 2.25. The van der Waals surface area contributed by atoms with E-state index in [0.717, 1.165) is 21.9 Å². The lowest BCUT2D eigenvalue weighted by Gasteiger charge is -2.14. The number of carbonyl (C=O) groups excluding carboxylic acids is 2. The molecule has 3 N–H and O–H groups in total. The third-order valence-corrected chi connectivity index (χ3v) is 4.89. The van der Waals surface area contributed by atoms with Crippen LogP contribution < -0.4 is 20.9 Å². The summed E-state index contributed by atoms with van der Waals surface area (Å²) in [6, 6.07) is 21.4. The Kier molecular flexibility index (Phi) is 7.94. The zero-order chi connectivity index (χ0) is 22.9. The van der Waals surface area contributed by atoms with E-state index in [-0.39, 0.29) is 17.6 Å². The van der Waals surface area contributed by atoms with Gasteiger partial charge in [-0.1, -0.05) is 74.5 Å². The maximum Gasteiger partial charge on any atom is 0.276 e. The number of amides is 2. The van der Waals surface area contributed by atoms with Gasteiger partial charge < -0.3 is 4.74 Å². The van der Waals surface area contributed by atoms with E-state index in [2.05, 4.69) is 30.0 Å². The average molecular weight is 448 g/mol. The Balaban J connectivity index is 1.46. The molecule has 0 saturated heterocycles. The molecule has 0 fully saturated rings. The minimum atomic E-state index is -0.425. The third-order valence-electron chi connectivity index (χ3n) is 4.69. The highest BCUT2D eigenvalue weighted by Gasteiger charge is 2.10. The van der Waals surface area contributed by atoms with Crippen LogP contribution in [0.1, 0.15) is 30.9 Å². The second-order valence-electron chi connectivity index (χ2n) is 7.37. The lowest BCUT2D eigenvalue weighted by atomic mass is 10.0. The van der Waals surface area contributed by atoms with E-state index in [1.807, 2.05) is 66.7 Å². The minimum absolute atomic E-state index is 0.0199. The molecule has 0 bridgehead atoms. The molecule has 3 aromatic carbocycles. The van der Waals surface area contributed by atoms with E-state index in [1.165, 1.54) is 6.08 Å². The Hall–Kier alpha value is -3.71. The molecule has 0 aliphatic rings. The average Bonchev–Trinajstić information content (AvgIpc) is 2.80. The first-order chi connectivity index (χ1) is 15.4. The van der Waals surface area contributed by atoms with Crippen molar-refractivity contribution in [1.29, 1.82) is 0 Å². The van der Waals surface area contributed by atoms with E-state index in [4.69, 9.17) is 17.0 Å². The van der Waals surface area contributed by atoms with Crippen LogP contribution in [-0.4, -0.2) is 23.5 Å². The zero-order valence-corrected chi connectivity index (χ0v) is 18.7. The van der Waals surface area contributed by atoms with Crippen LogP contribution in [0.15, 0.2) is 72.8 Å². The van der Waals surface area contributed by atoms with Crippen molar-refractivity contribution >= 4 is 46.0 Å². The fourth-order valence-electron chi connectivity index (χ4n) is 3.14. The van der Waals surface area contributed by atoms with Crippen molar-refractivity contribution in [2.75, 3.05) is 6.61 Å². The van der Waals surface area contributed by atoms with Crippen molar-refractivity contribution in [2.45, 2.75) is 19.8 Å². The van der Waals surface area contributed by atoms with E-state index in [9.17, 15) is 9.59 Å². The number of ether oxygens (including phenoxy) is 1. The van der Waals surface area contributed by atoms with Gasteiger partial charge in [-0.25, -0.2) is 0 Å². The second-order valence-corrected chi connectivity index (χ2v) is 7.78. The molecule has 0 unspecified atom stereocenters. The number of para-hydroxylation sites is 1. The first-order valence-corrected chi connectivity index (χ1v) is 10.6. The van der Waals surface area contributed by atoms with Crippen molar-refractivity contribution in [3.63, 3.8) is 0 Å². The largest absolute Gasteiger partial charge is 0.483 e. The molecule has 2 amide bonds. The Labute approximate surface area is 192 Å². The molecule has 0 heterocycles. The van der Waals surface area contributed by atoms with Gasteiger partial charge in [-0.2, -0.15) is 0 Å². The Bertz CT molecular complexity index is 1150. The number of hydrogen-bond acceptors (Lipinski definition) is 4. The van der Waals surface area contributed by atoms with E-state index >= 15 is 0 Å². The molecule has 0 saturated carbocycles. The van der Waals surface area contributed by atoms with E-state index in [1.54, 1.807) is 6.08 Å². The van der Waals surface area contributed by atoms with Crippen LogP contribution in [0.3, 0.4) is 0 Å². The molecule has 32 heavy (non-hydrogen) atoms. The van der Waals surface area contributed by atoms with Gasteiger partial charge in [0.2, 0.25) is 5.91 Å². The summed E-state index contributed by atoms with van der Waals surface area (Å²) >= 11 is 5.06. The van der Waals surface area contributed by atoms with Crippen molar-refractivity contribution < 1.29 is 14.3 Å². The third kappa shape index (κ3) is 6.39. The summed E-state index contributed by atoms with van der Waals surface area (Å²) in [7, 11) is 0. The highest BCUT2D eigenvalue weighted by atomic mass is 32.1. The van der Waals surface area contributed by atoms with Crippen molar-refractivity contribution in [1.82, 2.24) is 16.2 Å². The van der Waals surface area contributed by atoms with Gasteiger partial charge in [-0.05, 0) is 52.2 Å². The van der Waals surface area contributed by atoms with Crippen LogP contribution in [0.4, 0.5) is 0 Å². The predicted molar refractivity (Wildman–Crippen MR) is 131 cm³/mol. The summed E-state index contributed by atoms with van der Waals surface area (Å²) in [5.41, 5.74) is 6.85. The van der Waals surface area contributed by atoms with Gasteiger partial charge in [-0.3, -0.25) is 25.8 Å².